The van der Waals surface area contributed by atoms with Gasteiger partial charge in [0, 0.05) is 12.6 Å². The molecule has 0 aromatic heterocycles. The predicted octanol–water partition coefficient (Wildman–Crippen LogP) is 0.667. The maximum Gasteiger partial charge on any atom is 0.0357 e. The van der Waals surface area contributed by atoms with E-state index >= 15 is 0 Å². The monoisotopic (exact) mass is 307 g/mol. The highest BCUT2D eigenvalue weighted by molar-refractivity contribution is 6.13. The van der Waals surface area contributed by atoms with Crippen LogP contribution in [0.5, 0.6) is 0 Å². The minimum Gasteiger partial charge on any atom is -0.317 e. The summed E-state index contributed by atoms with van der Waals surface area (Å²) >= 11 is 5.77. The average molecular weight is 308 g/mol. The van der Waals surface area contributed by atoms with Gasteiger partial charge in [0.05, 0.1) is 0 Å². The molecule has 0 amide bonds. The third kappa shape index (κ3) is 14.5. The summed E-state index contributed by atoms with van der Waals surface area (Å²) in [4.78, 5) is 2.86. The Morgan fingerprint density at radius 2 is 1.30 bits per heavy atom. The van der Waals surface area contributed by atoms with E-state index in [0.717, 1.165) is 65.2 Å². The van der Waals surface area contributed by atoms with Crippen LogP contribution in [0.3, 0.4) is 0 Å². The molecule has 1 atom stereocenters. The van der Waals surface area contributed by atoms with Crippen LogP contribution in [0.25, 0.3) is 0 Å². The second-order valence-corrected chi connectivity index (χ2v) is 5.18. The van der Waals surface area contributed by atoms with Gasteiger partial charge in [-0.05, 0) is 76.9 Å². The maximum absolute atomic E-state index is 5.77. The third-order valence-corrected chi connectivity index (χ3v) is 3.44. The van der Waals surface area contributed by atoms with Gasteiger partial charge in [0.15, 0.2) is 0 Å². The highest BCUT2D eigenvalue weighted by Crippen LogP contribution is 1.91. The van der Waals surface area contributed by atoms with Crippen molar-refractivity contribution in [3.8, 4) is 0 Å². The molecule has 0 rings (SSSR count). The van der Waals surface area contributed by atoms with E-state index in [9.17, 15) is 0 Å². The lowest BCUT2D eigenvalue weighted by Gasteiger charge is -2.16. The highest BCUT2D eigenvalue weighted by atomic mass is 35.5. The molecule has 0 heterocycles. The van der Waals surface area contributed by atoms with Crippen molar-refractivity contribution >= 4 is 11.8 Å². The molecule has 20 heavy (non-hydrogen) atoms. The van der Waals surface area contributed by atoms with Gasteiger partial charge < -0.3 is 21.3 Å². The molecule has 0 aliphatic carbocycles. The van der Waals surface area contributed by atoms with Crippen molar-refractivity contribution < 1.29 is 0 Å². The number of rotatable bonds is 16. The molecule has 1 unspecified atom stereocenters. The van der Waals surface area contributed by atoms with Crippen LogP contribution in [-0.2, 0) is 0 Å². The van der Waals surface area contributed by atoms with E-state index in [1.54, 1.807) is 0 Å². The van der Waals surface area contributed by atoms with E-state index in [2.05, 4.69) is 40.0 Å². The molecular formula is C14H34ClN5. The van der Waals surface area contributed by atoms with Gasteiger partial charge in [-0.3, -0.25) is 0 Å². The smallest absolute Gasteiger partial charge is 0.0357 e. The number of nitrogens with one attached hydrogen (secondary N) is 5. The van der Waals surface area contributed by atoms with Gasteiger partial charge in [-0.15, -0.1) is 0 Å². The van der Waals surface area contributed by atoms with Gasteiger partial charge in [0.2, 0.25) is 0 Å². The van der Waals surface area contributed by atoms with Crippen LogP contribution < -0.4 is 26.1 Å². The fraction of sp³-hybridized carbons (Fsp3) is 1.00. The minimum atomic E-state index is 0.331. The Morgan fingerprint density at radius 1 is 0.750 bits per heavy atom. The van der Waals surface area contributed by atoms with Crippen molar-refractivity contribution in [1.29, 1.82) is 0 Å². The number of hydrogen-bond acceptors (Lipinski definition) is 5. The average Bonchev–Trinajstić information content (AvgIpc) is 2.47. The van der Waals surface area contributed by atoms with Crippen LogP contribution in [-0.4, -0.2) is 58.4 Å². The first-order chi connectivity index (χ1) is 9.85. The van der Waals surface area contributed by atoms with E-state index < -0.39 is 0 Å². The van der Waals surface area contributed by atoms with Gasteiger partial charge in [0.25, 0.3) is 0 Å². The molecule has 6 heteroatoms. The summed E-state index contributed by atoms with van der Waals surface area (Å²) in [5.41, 5.74) is 0. The van der Waals surface area contributed by atoms with Crippen LogP contribution in [0.4, 0.5) is 0 Å². The molecule has 0 saturated heterocycles. The van der Waals surface area contributed by atoms with Crippen molar-refractivity contribution in [1.82, 2.24) is 26.1 Å². The first-order valence-electron chi connectivity index (χ1n) is 8.04. The Labute approximate surface area is 130 Å². The molecule has 0 bridgehead atoms. The standard InChI is InChI=1S/C14H34ClN5/c1-3-16-8-5-10-18-12-7-14(20-15)13-19-11-6-9-17-4-2/h14,16-20H,3-13H2,1-2H3. The molecule has 5 nitrogen and oxygen atoms in total. The second-order valence-electron chi connectivity index (χ2n) is 4.96. The normalized spacial score (nSPS) is 12.8. The van der Waals surface area contributed by atoms with Gasteiger partial charge in [-0.1, -0.05) is 13.8 Å². The Hall–Kier alpha value is 0.0900. The summed E-state index contributed by atoms with van der Waals surface area (Å²) in [6.07, 6.45) is 3.38. The van der Waals surface area contributed by atoms with Crippen molar-refractivity contribution in [3.63, 3.8) is 0 Å². The van der Waals surface area contributed by atoms with E-state index in [1.807, 2.05) is 0 Å². The lowest BCUT2D eigenvalue weighted by atomic mass is 10.2. The van der Waals surface area contributed by atoms with Crippen molar-refractivity contribution in [3.05, 3.63) is 0 Å². The van der Waals surface area contributed by atoms with Crippen molar-refractivity contribution in [2.45, 2.75) is 39.2 Å². The molecule has 0 radical (unpaired) electrons. The summed E-state index contributed by atoms with van der Waals surface area (Å²) in [6, 6.07) is 0.331. The first kappa shape index (κ1) is 20.1. The lowest BCUT2D eigenvalue weighted by Crippen LogP contribution is -2.37. The van der Waals surface area contributed by atoms with Gasteiger partial charge in [-0.2, -0.15) is 0 Å². The van der Waals surface area contributed by atoms with Crippen LogP contribution in [0.1, 0.15) is 33.1 Å². The molecule has 0 spiro atoms. The van der Waals surface area contributed by atoms with E-state index in [0.29, 0.717) is 6.04 Å². The predicted molar refractivity (Wildman–Crippen MR) is 89.5 cm³/mol. The zero-order chi connectivity index (χ0) is 14.9. The largest absolute Gasteiger partial charge is 0.317 e. The van der Waals surface area contributed by atoms with E-state index in [-0.39, 0.29) is 0 Å². The summed E-state index contributed by atoms with van der Waals surface area (Å²) in [5, 5.41) is 13.5. The third-order valence-electron chi connectivity index (χ3n) is 3.13. The molecule has 0 aliphatic rings. The Bertz CT molecular complexity index is 183. The zero-order valence-electron chi connectivity index (χ0n) is 13.2. The molecule has 0 aromatic rings. The van der Waals surface area contributed by atoms with Gasteiger partial charge in [0.1, 0.15) is 0 Å². The molecule has 122 valence electrons. The lowest BCUT2D eigenvalue weighted by molar-refractivity contribution is 0.485. The summed E-state index contributed by atoms with van der Waals surface area (Å²) in [5.74, 6) is 0. The Balaban J connectivity index is 3.29. The van der Waals surface area contributed by atoms with Crippen LogP contribution in [0.15, 0.2) is 0 Å². The quantitative estimate of drug-likeness (QED) is 0.214. The summed E-state index contributed by atoms with van der Waals surface area (Å²) < 4.78 is 0. The molecule has 0 aromatic carbocycles. The fourth-order valence-corrected chi connectivity index (χ4v) is 2.09. The molecule has 0 fully saturated rings. The second kappa shape index (κ2) is 17.1. The van der Waals surface area contributed by atoms with E-state index in [4.69, 9.17) is 11.8 Å². The first-order valence-corrected chi connectivity index (χ1v) is 8.41. The van der Waals surface area contributed by atoms with Crippen molar-refractivity contribution in [2.75, 3.05) is 52.4 Å². The minimum absolute atomic E-state index is 0.331. The SMILES string of the molecule is CCNCCCNCCC(CNCCCNCC)NCl. The topological polar surface area (TPSA) is 60.1 Å². The van der Waals surface area contributed by atoms with Crippen LogP contribution in [0, 0.1) is 0 Å². The Morgan fingerprint density at radius 3 is 1.85 bits per heavy atom. The summed E-state index contributed by atoms with van der Waals surface area (Å²) in [7, 11) is 0. The van der Waals surface area contributed by atoms with Gasteiger partial charge in [-0.25, -0.2) is 4.84 Å². The molecule has 0 aliphatic heterocycles. The van der Waals surface area contributed by atoms with Crippen LogP contribution in [0.2, 0.25) is 0 Å². The Kier molecular flexibility index (Phi) is 17.2. The maximum atomic E-state index is 5.77. The van der Waals surface area contributed by atoms with Gasteiger partial charge >= 0.3 is 0 Å². The number of hydrogen-bond donors (Lipinski definition) is 5. The molecular weight excluding hydrogens is 274 g/mol. The fourth-order valence-electron chi connectivity index (χ4n) is 1.90. The van der Waals surface area contributed by atoms with E-state index in [1.165, 1.54) is 6.42 Å². The van der Waals surface area contributed by atoms with Crippen LogP contribution >= 0.6 is 11.8 Å². The van der Waals surface area contributed by atoms with Crippen molar-refractivity contribution in [2.24, 2.45) is 0 Å². The molecule has 0 saturated carbocycles. The molecule has 5 N–H and O–H groups in total. The summed E-state index contributed by atoms with van der Waals surface area (Å²) in [6.45, 7) is 12.6. The highest BCUT2D eigenvalue weighted by Gasteiger charge is 2.05. The number of halogens is 1. The zero-order valence-corrected chi connectivity index (χ0v) is 14.0.